The van der Waals surface area contributed by atoms with Crippen molar-refractivity contribution in [2.24, 2.45) is 16.5 Å². The van der Waals surface area contributed by atoms with Crippen molar-refractivity contribution in [3.05, 3.63) is 65.2 Å². The lowest BCUT2D eigenvalue weighted by Gasteiger charge is -2.25. The van der Waals surface area contributed by atoms with E-state index in [4.69, 9.17) is 11.5 Å². The number of aliphatic imine (C=N–C) groups is 1. The van der Waals surface area contributed by atoms with Gasteiger partial charge in [-0.25, -0.2) is 4.98 Å². The van der Waals surface area contributed by atoms with Gasteiger partial charge in [0.05, 0.1) is 29.2 Å². The number of hydrogen-bond acceptors (Lipinski definition) is 7. The second-order valence-corrected chi connectivity index (χ2v) is 8.39. The van der Waals surface area contributed by atoms with Crippen LogP contribution in [0.1, 0.15) is 15.2 Å². The van der Waals surface area contributed by atoms with Crippen molar-refractivity contribution in [2.75, 3.05) is 22.9 Å². The second-order valence-electron chi connectivity index (χ2n) is 7.30. The van der Waals surface area contributed by atoms with Crippen molar-refractivity contribution in [1.82, 2.24) is 10.3 Å². The molecule has 2 amide bonds. The largest absolute Gasteiger partial charge is 0.480 e. The Morgan fingerprint density at radius 1 is 1.00 bits per heavy atom. The predicted octanol–water partition coefficient (Wildman–Crippen LogP) is 1.55. The number of para-hydroxylation sites is 3. The van der Waals surface area contributed by atoms with Crippen LogP contribution in [0.5, 0.6) is 0 Å². The number of nitrogens with zero attached hydrogens (tertiary/aromatic N) is 4. The molecule has 1 aliphatic rings. The zero-order valence-electron chi connectivity index (χ0n) is 17.8. The number of rotatable bonds is 7. The standard InChI is InChI=1S/C22H21N7O4S/c23-21(24)27-22-26-10-13(34-22)9-25-18(30)11-29-17-8-4-3-7-16(17)28(12-19(31)32)15-6-2-1-5-14(15)20(29)33/h1-8,10H,9,11-12H2,(H,25,30)(H,31,32)(H4,23,24,26,27). The predicted molar refractivity (Wildman–Crippen MR) is 129 cm³/mol. The number of anilines is 3. The van der Waals surface area contributed by atoms with Crippen LogP contribution in [0.25, 0.3) is 0 Å². The van der Waals surface area contributed by atoms with Crippen LogP contribution in [-0.2, 0) is 16.1 Å². The third kappa shape index (κ3) is 4.81. The van der Waals surface area contributed by atoms with Crippen molar-refractivity contribution < 1.29 is 19.5 Å². The van der Waals surface area contributed by atoms with Gasteiger partial charge in [0.1, 0.15) is 13.1 Å². The van der Waals surface area contributed by atoms with E-state index < -0.39 is 17.8 Å². The Morgan fingerprint density at radius 2 is 1.65 bits per heavy atom. The summed E-state index contributed by atoms with van der Waals surface area (Å²) in [5, 5.41) is 12.6. The fraction of sp³-hybridized carbons (Fsp3) is 0.136. The maximum atomic E-state index is 13.5. The summed E-state index contributed by atoms with van der Waals surface area (Å²) in [6.07, 6.45) is 1.55. The number of hydrogen-bond donors (Lipinski definition) is 4. The summed E-state index contributed by atoms with van der Waals surface area (Å²) in [7, 11) is 0. The first-order chi connectivity index (χ1) is 16.3. The van der Waals surface area contributed by atoms with Crippen LogP contribution in [0, 0.1) is 0 Å². The molecule has 174 valence electrons. The first-order valence-electron chi connectivity index (χ1n) is 10.1. The molecule has 6 N–H and O–H groups in total. The molecular formula is C22H21N7O4S. The first-order valence-corrected chi connectivity index (χ1v) is 11.0. The van der Waals surface area contributed by atoms with Crippen molar-refractivity contribution in [3.8, 4) is 0 Å². The number of carboxylic acid groups (broad SMARTS) is 1. The highest BCUT2D eigenvalue weighted by Crippen LogP contribution is 2.40. The molecule has 1 aliphatic heterocycles. The normalized spacial score (nSPS) is 12.4. The molecule has 0 saturated carbocycles. The van der Waals surface area contributed by atoms with Gasteiger partial charge in [-0.05, 0) is 24.3 Å². The van der Waals surface area contributed by atoms with Crippen LogP contribution >= 0.6 is 11.3 Å². The Morgan fingerprint density at radius 3 is 2.32 bits per heavy atom. The van der Waals surface area contributed by atoms with Crippen LogP contribution in [0.2, 0.25) is 0 Å². The number of benzene rings is 2. The Bertz CT molecular complexity index is 1290. The van der Waals surface area contributed by atoms with Crippen LogP contribution in [0.15, 0.2) is 59.7 Å². The lowest BCUT2D eigenvalue weighted by Crippen LogP contribution is -2.40. The number of nitrogens with two attached hydrogens (primary N) is 2. The lowest BCUT2D eigenvalue weighted by atomic mass is 10.1. The number of carbonyl (C=O) groups is 3. The molecule has 11 nitrogen and oxygen atoms in total. The van der Waals surface area contributed by atoms with E-state index >= 15 is 0 Å². The zero-order valence-corrected chi connectivity index (χ0v) is 18.7. The Labute approximate surface area is 198 Å². The molecular weight excluding hydrogens is 458 g/mol. The average molecular weight is 480 g/mol. The van der Waals surface area contributed by atoms with Crippen molar-refractivity contribution >= 4 is 57.3 Å². The van der Waals surface area contributed by atoms with Crippen LogP contribution in [0.4, 0.5) is 22.2 Å². The van der Waals surface area contributed by atoms with Gasteiger partial charge in [0.15, 0.2) is 5.96 Å². The molecule has 2 aromatic carbocycles. The van der Waals surface area contributed by atoms with Gasteiger partial charge < -0.3 is 26.8 Å². The third-order valence-electron chi connectivity index (χ3n) is 4.95. The van der Waals surface area contributed by atoms with E-state index in [-0.39, 0.29) is 25.6 Å². The molecule has 2 heterocycles. The fourth-order valence-corrected chi connectivity index (χ4v) is 4.32. The molecule has 12 heteroatoms. The van der Waals surface area contributed by atoms with E-state index in [9.17, 15) is 19.5 Å². The minimum atomic E-state index is -1.05. The Kier molecular flexibility index (Phi) is 6.41. The van der Waals surface area contributed by atoms with Gasteiger partial charge in [-0.3, -0.25) is 19.3 Å². The summed E-state index contributed by atoms with van der Waals surface area (Å²) in [5.74, 6) is -1.96. The number of guanidine groups is 1. The van der Waals surface area contributed by atoms with Gasteiger partial charge >= 0.3 is 5.97 Å². The quantitative estimate of drug-likeness (QED) is 0.292. The summed E-state index contributed by atoms with van der Waals surface area (Å²) in [6, 6.07) is 13.6. The summed E-state index contributed by atoms with van der Waals surface area (Å²) in [6.45, 7) is -0.419. The highest BCUT2D eigenvalue weighted by atomic mass is 32.1. The number of thiazole rings is 1. The van der Waals surface area contributed by atoms with Crippen molar-refractivity contribution in [1.29, 1.82) is 0 Å². The smallest absolute Gasteiger partial charge is 0.323 e. The monoisotopic (exact) mass is 479 g/mol. The fourth-order valence-electron chi connectivity index (χ4n) is 3.58. The molecule has 0 aliphatic carbocycles. The minimum Gasteiger partial charge on any atom is -0.480 e. The third-order valence-corrected chi connectivity index (χ3v) is 5.85. The lowest BCUT2D eigenvalue weighted by molar-refractivity contribution is -0.135. The van der Waals surface area contributed by atoms with E-state index in [1.807, 2.05) is 0 Å². The summed E-state index contributed by atoms with van der Waals surface area (Å²) in [4.78, 5) is 49.4. The van der Waals surface area contributed by atoms with E-state index in [1.165, 1.54) is 16.2 Å². The van der Waals surface area contributed by atoms with Crippen molar-refractivity contribution in [3.63, 3.8) is 0 Å². The summed E-state index contributed by atoms with van der Waals surface area (Å²) >= 11 is 1.22. The number of amides is 2. The highest BCUT2D eigenvalue weighted by molar-refractivity contribution is 7.15. The number of carbonyl (C=O) groups excluding carboxylic acids is 2. The summed E-state index contributed by atoms with van der Waals surface area (Å²) < 4.78 is 0. The highest BCUT2D eigenvalue weighted by Gasteiger charge is 2.32. The Hall–Kier alpha value is -4.45. The molecule has 4 rings (SSSR count). The topological polar surface area (TPSA) is 167 Å². The molecule has 0 unspecified atom stereocenters. The van der Waals surface area contributed by atoms with E-state index in [2.05, 4.69) is 15.3 Å². The number of aliphatic carboxylic acids is 1. The Balaban J connectivity index is 1.60. The second kappa shape index (κ2) is 9.58. The zero-order chi connectivity index (χ0) is 24.2. The van der Waals surface area contributed by atoms with E-state index in [1.54, 1.807) is 59.6 Å². The number of fused-ring (bicyclic) bond motifs is 2. The molecule has 3 aromatic rings. The van der Waals surface area contributed by atoms with Gasteiger partial charge in [0, 0.05) is 11.1 Å². The van der Waals surface area contributed by atoms with Gasteiger partial charge in [-0.2, -0.15) is 4.99 Å². The van der Waals surface area contributed by atoms with E-state index in [0.717, 1.165) is 4.88 Å². The average Bonchev–Trinajstić information content (AvgIpc) is 3.22. The minimum absolute atomic E-state index is 0.111. The molecule has 1 aromatic heterocycles. The molecule has 34 heavy (non-hydrogen) atoms. The molecule has 0 spiro atoms. The van der Waals surface area contributed by atoms with Gasteiger partial charge in [0.2, 0.25) is 11.0 Å². The van der Waals surface area contributed by atoms with Crippen LogP contribution < -0.4 is 26.6 Å². The maximum absolute atomic E-state index is 13.5. The molecule has 0 saturated heterocycles. The van der Waals surface area contributed by atoms with Gasteiger partial charge in [-0.15, -0.1) is 0 Å². The van der Waals surface area contributed by atoms with Gasteiger partial charge in [-0.1, -0.05) is 35.6 Å². The number of nitrogens with one attached hydrogen (secondary N) is 1. The number of aromatic nitrogens is 1. The van der Waals surface area contributed by atoms with E-state index in [0.29, 0.717) is 27.8 Å². The van der Waals surface area contributed by atoms with Crippen molar-refractivity contribution in [2.45, 2.75) is 6.54 Å². The molecule has 0 fully saturated rings. The first kappa shape index (κ1) is 22.7. The molecule has 0 radical (unpaired) electrons. The SMILES string of the molecule is NC(N)=Nc1ncc(CNC(=O)CN2C(=O)c3ccccc3N(CC(=O)O)c3ccccc32)s1. The van der Waals surface area contributed by atoms with Crippen LogP contribution in [-0.4, -0.2) is 46.9 Å². The molecule has 0 atom stereocenters. The molecule has 0 bridgehead atoms. The van der Waals surface area contributed by atoms with Gasteiger partial charge in [0.25, 0.3) is 5.91 Å². The number of carboxylic acids is 1. The maximum Gasteiger partial charge on any atom is 0.323 e. The summed E-state index contributed by atoms with van der Waals surface area (Å²) in [5.41, 5.74) is 12.4. The van der Waals surface area contributed by atoms with Crippen LogP contribution in [0.3, 0.4) is 0 Å².